The monoisotopic (exact) mass is 558 g/mol. The summed E-state index contributed by atoms with van der Waals surface area (Å²) in [6.45, 7) is 9.45. The molecule has 4 heteroatoms. The summed E-state index contributed by atoms with van der Waals surface area (Å²) < 4.78 is 2.59. The second-order valence-corrected chi connectivity index (χ2v) is 13.7. The number of halogens is 2. The first-order valence-electron chi connectivity index (χ1n) is 11.6. The Morgan fingerprint density at radius 3 is 1.48 bits per heavy atom. The minimum atomic E-state index is 0.220. The summed E-state index contributed by atoms with van der Waals surface area (Å²) in [4.78, 5) is 3.07. The molecule has 1 aliphatic carbocycles. The van der Waals surface area contributed by atoms with Crippen LogP contribution in [0.5, 0.6) is 0 Å². The smallest absolute Gasteiger partial charge is 0.0708 e. The fourth-order valence-corrected chi connectivity index (χ4v) is 8.96. The Bertz CT molecular complexity index is 723. The normalized spacial score (nSPS) is 16.6. The lowest BCUT2D eigenvalue weighted by Crippen LogP contribution is -2.27. The third-order valence-corrected chi connectivity index (χ3v) is 10.6. The molecule has 0 N–H and O–H groups in total. The topological polar surface area (TPSA) is 0 Å². The first-order valence-corrected chi connectivity index (χ1v) is 14.8. The van der Waals surface area contributed by atoms with Crippen LogP contribution in [0.15, 0.2) is 19.7 Å². The Kier molecular flexibility index (Phi) is 8.93. The van der Waals surface area contributed by atoms with E-state index in [1.165, 1.54) is 81.5 Å². The molecule has 0 nitrogen and oxygen atoms in total. The molecular formula is C25H36Br2S2. The highest BCUT2D eigenvalue weighted by atomic mass is 79.9. The Morgan fingerprint density at radius 2 is 1.14 bits per heavy atom. The van der Waals surface area contributed by atoms with E-state index in [4.69, 9.17) is 0 Å². The van der Waals surface area contributed by atoms with Crippen LogP contribution in [0.4, 0.5) is 0 Å². The van der Waals surface area contributed by atoms with Crippen LogP contribution >= 0.6 is 54.5 Å². The molecule has 0 fully saturated rings. The van der Waals surface area contributed by atoms with Gasteiger partial charge in [0.05, 0.1) is 7.57 Å². The second kappa shape index (κ2) is 10.8. The number of hydrogen-bond acceptors (Lipinski definition) is 2. The quantitative estimate of drug-likeness (QED) is 0.242. The first-order chi connectivity index (χ1) is 14.0. The van der Waals surface area contributed by atoms with Gasteiger partial charge in [-0.25, -0.2) is 0 Å². The average Bonchev–Trinajstić information content (AvgIpc) is 3.34. The SMILES string of the molecule is CCCC(CC)CCC1(CCC(CC)CCC)c2cc(Br)sc2-c2sc(Br)cc21. The van der Waals surface area contributed by atoms with Gasteiger partial charge in [0, 0.05) is 15.2 Å². The highest BCUT2D eigenvalue weighted by Gasteiger charge is 2.45. The number of fused-ring (bicyclic) bond motifs is 3. The van der Waals surface area contributed by atoms with Crippen molar-refractivity contribution in [1.82, 2.24) is 0 Å². The molecule has 162 valence electrons. The highest BCUT2D eigenvalue weighted by molar-refractivity contribution is 9.11. The largest absolute Gasteiger partial charge is 0.127 e. The van der Waals surface area contributed by atoms with Crippen LogP contribution in [0.3, 0.4) is 0 Å². The molecule has 2 unspecified atom stereocenters. The lowest BCUT2D eigenvalue weighted by molar-refractivity contribution is 0.314. The standard InChI is InChI=1S/C25H36Br2S2/c1-5-9-17(7-3)11-13-25(14-12-18(8-4)10-6-2)19-15-21(26)28-23(19)24-20(25)16-22(27)29-24/h15-18H,5-14H2,1-4H3. The Morgan fingerprint density at radius 1 is 0.724 bits per heavy atom. The minimum Gasteiger partial charge on any atom is -0.127 e. The van der Waals surface area contributed by atoms with Crippen molar-refractivity contribution < 1.29 is 0 Å². The zero-order valence-corrected chi connectivity index (χ0v) is 23.3. The van der Waals surface area contributed by atoms with Gasteiger partial charge in [-0.15, -0.1) is 22.7 Å². The summed E-state index contributed by atoms with van der Waals surface area (Å²) in [6.07, 6.45) is 13.3. The van der Waals surface area contributed by atoms with Crippen molar-refractivity contribution in [3.8, 4) is 9.75 Å². The van der Waals surface area contributed by atoms with Crippen LogP contribution in [0.25, 0.3) is 9.75 Å². The van der Waals surface area contributed by atoms with Crippen molar-refractivity contribution in [1.29, 1.82) is 0 Å². The van der Waals surface area contributed by atoms with E-state index in [1.807, 2.05) is 22.7 Å². The Labute approximate surface area is 203 Å². The van der Waals surface area contributed by atoms with Crippen molar-refractivity contribution in [2.75, 3.05) is 0 Å². The lowest BCUT2D eigenvalue weighted by Gasteiger charge is -2.34. The fraction of sp³-hybridized carbons (Fsp3) is 0.680. The van der Waals surface area contributed by atoms with Crippen molar-refractivity contribution in [2.45, 2.75) is 97.3 Å². The molecule has 2 heterocycles. The predicted octanol–water partition coefficient (Wildman–Crippen LogP) is 10.8. The van der Waals surface area contributed by atoms with E-state index in [1.54, 1.807) is 11.1 Å². The van der Waals surface area contributed by atoms with Crippen molar-refractivity contribution in [2.24, 2.45) is 11.8 Å². The molecule has 2 atom stereocenters. The van der Waals surface area contributed by atoms with Crippen LogP contribution in [-0.2, 0) is 5.41 Å². The minimum absolute atomic E-state index is 0.220. The molecule has 29 heavy (non-hydrogen) atoms. The summed E-state index contributed by atoms with van der Waals surface area (Å²) in [5.74, 6) is 1.73. The highest BCUT2D eigenvalue weighted by Crippen LogP contribution is 2.61. The van der Waals surface area contributed by atoms with E-state index in [0.717, 1.165) is 11.8 Å². The van der Waals surface area contributed by atoms with Crippen LogP contribution in [0.2, 0.25) is 0 Å². The van der Waals surface area contributed by atoms with Crippen LogP contribution in [0, 0.1) is 11.8 Å². The number of thiophene rings is 2. The summed E-state index contributed by atoms with van der Waals surface area (Å²) in [5.41, 5.74) is 3.47. The zero-order chi connectivity index (χ0) is 21.0. The zero-order valence-electron chi connectivity index (χ0n) is 18.5. The molecule has 0 radical (unpaired) electrons. The van der Waals surface area contributed by atoms with Gasteiger partial charge >= 0.3 is 0 Å². The third kappa shape index (κ3) is 5.07. The van der Waals surface area contributed by atoms with Gasteiger partial charge in [-0.2, -0.15) is 0 Å². The van der Waals surface area contributed by atoms with E-state index >= 15 is 0 Å². The predicted molar refractivity (Wildman–Crippen MR) is 140 cm³/mol. The maximum atomic E-state index is 3.82. The fourth-order valence-electron chi connectivity index (χ4n) is 5.40. The van der Waals surface area contributed by atoms with Gasteiger partial charge in [0.25, 0.3) is 0 Å². The summed E-state index contributed by atoms with van der Waals surface area (Å²) in [7, 11) is 0. The van der Waals surface area contributed by atoms with E-state index in [2.05, 4.69) is 71.7 Å². The van der Waals surface area contributed by atoms with Crippen LogP contribution < -0.4 is 0 Å². The molecule has 2 aromatic heterocycles. The van der Waals surface area contributed by atoms with E-state index in [9.17, 15) is 0 Å². The van der Waals surface area contributed by atoms with E-state index in [0.29, 0.717) is 0 Å². The number of rotatable bonds is 12. The Balaban J connectivity index is 1.98. The maximum Gasteiger partial charge on any atom is 0.0708 e. The molecule has 3 rings (SSSR count). The van der Waals surface area contributed by atoms with Gasteiger partial charge in [-0.05, 0) is 92.6 Å². The molecule has 0 saturated heterocycles. The molecule has 0 saturated carbocycles. The molecule has 0 spiro atoms. The first kappa shape index (κ1) is 24.0. The van der Waals surface area contributed by atoms with Crippen molar-refractivity contribution in [3.63, 3.8) is 0 Å². The lowest BCUT2D eigenvalue weighted by atomic mass is 9.69. The molecular weight excluding hydrogens is 524 g/mol. The van der Waals surface area contributed by atoms with Gasteiger partial charge < -0.3 is 0 Å². The average molecular weight is 561 g/mol. The van der Waals surface area contributed by atoms with Crippen molar-refractivity contribution >= 4 is 54.5 Å². The summed E-state index contributed by atoms with van der Waals surface area (Å²) in [5, 5.41) is 0. The molecule has 0 amide bonds. The van der Waals surface area contributed by atoms with Crippen LogP contribution in [0.1, 0.15) is 103 Å². The van der Waals surface area contributed by atoms with Gasteiger partial charge in [0.1, 0.15) is 0 Å². The van der Waals surface area contributed by atoms with Gasteiger partial charge in [-0.3, -0.25) is 0 Å². The second-order valence-electron chi connectivity index (χ2n) is 8.87. The summed E-state index contributed by atoms with van der Waals surface area (Å²) >= 11 is 11.5. The summed E-state index contributed by atoms with van der Waals surface area (Å²) in [6, 6.07) is 4.92. The maximum absolute atomic E-state index is 3.82. The Hall–Kier alpha value is 0.360. The van der Waals surface area contributed by atoms with Gasteiger partial charge in [0.15, 0.2) is 0 Å². The third-order valence-electron chi connectivity index (χ3n) is 7.15. The molecule has 0 bridgehead atoms. The van der Waals surface area contributed by atoms with Crippen LogP contribution in [-0.4, -0.2) is 0 Å². The van der Waals surface area contributed by atoms with E-state index < -0.39 is 0 Å². The molecule has 2 aromatic rings. The molecule has 0 aliphatic heterocycles. The van der Waals surface area contributed by atoms with E-state index in [-0.39, 0.29) is 5.41 Å². The molecule has 1 aliphatic rings. The number of hydrogen-bond donors (Lipinski definition) is 0. The van der Waals surface area contributed by atoms with Gasteiger partial charge in [-0.1, -0.05) is 66.2 Å². The van der Waals surface area contributed by atoms with Gasteiger partial charge in [0.2, 0.25) is 0 Å². The molecule has 0 aromatic carbocycles. The van der Waals surface area contributed by atoms with Crippen molar-refractivity contribution in [3.05, 3.63) is 30.8 Å².